The Labute approximate surface area is 188 Å². The molecule has 0 unspecified atom stereocenters. The number of fused-ring (bicyclic) bond motifs is 2. The lowest BCUT2D eigenvalue weighted by Crippen LogP contribution is -2.51. The Hall–Kier alpha value is -2.58. The highest BCUT2D eigenvalue weighted by molar-refractivity contribution is 5.93. The van der Waals surface area contributed by atoms with Crippen LogP contribution in [0.1, 0.15) is 61.3 Å². The zero-order valence-electron chi connectivity index (χ0n) is 19.9. The fourth-order valence-corrected chi connectivity index (χ4v) is 4.73. The first-order valence-electron chi connectivity index (χ1n) is 10.9. The van der Waals surface area contributed by atoms with Gasteiger partial charge in [0, 0.05) is 12.3 Å². The van der Waals surface area contributed by atoms with Crippen LogP contribution in [0.25, 0.3) is 0 Å². The summed E-state index contributed by atoms with van der Waals surface area (Å²) in [6.45, 7) is 11.9. The normalized spacial score (nSPS) is 32.6. The number of hydrogen-bond donors (Lipinski definition) is 0. The highest BCUT2D eigenvalue weighted by Crippen LogP contribution is 2.65. The number of amides is 1. The molecule has 1 amide bonds. The van der Waals surface area contributed by atoms with E-state index in [1.54, 1.807) is 32.9 Å². The molecule has 2 fully saturated rings. The van der Waals surface area contributed by atoms with E-state index in [0.29, 0.717) is 12.8 Å². The maximum atomic E-state index is 13.2. The van der Waals surface area contributed by atoms with Crippen molar-refractivity contribution in [2.45, 2.75) is 84.6 Å². The van der Waals surface area contributed by atoms with Gasteiger partial charge in [0.05, 0.1) is 17.5 Å². The van der Waals surface area contributed by atoms with Gasteiger partial charge in [0.1, 0.15) is 18.8 Å². The summed E-state index contributed by atoms with van der Waals surface area (Å²) in [5.41, 5.74) is -3.53. The van der Waals surface area contributed by atoms with Gasteiger partial charge in [-0.3, -0.25) is 14.5 Å². The van der Waals surface area contributed by atoms with Crippen molar-refractivity contribution in [1.82, 2.24) is 4.90 Å². The van der Waals surface area contributed by atoms with Crippen molar-refractivity contribution in [3.05, 3.63) is 12.2 Å². The first-order valence-corrected chi connectivity index (χ1v) is 10.9. The van der Waals surface area contributed by atoms with Crippen LogP contribution >= 0.6 is 0 Å². The van der Waals surface area contributed by atoms with E-state index in [4.69, 9.17) is 18.9 Å². The fraction of sp³-hybridized carbons (Fsp3) is 0.739. The van der Waals surface area contributed by atoms with E-state index >= 15 is 0 Å². The third kappa shape index (κ3) is 3.75. The van der Waals surface area contributed by atoms with Crippen LogP contribution in [0.5, 0.6) is 0 Å². The molecule has 0 radical (unpaired) electrons. The van der Waals surface area contributed by atoms with E-state index in [1.807, 2.05) is 20.8 Å². The van der Waals surface area contributed by atoms with E-state index in [2.05, 4.69) is 0 Å². The molecule has 0 aromatic carbocycles. The van der Waals surface area contributed by atoms with Gasteiger partial charge < -0.3 is 18.9 Å². The predicted molar refractivity (Wildman–Crippen MR) is 112 cm³/mol. The minimum absolute atomic E-state index is 0.0392. The molecule has 32 heavy (non-hydrogen) atoms. The Balaban J connectivity index is 1.73. The zero-order valence-corrected chi connectivity index (χ0v) is 19.9. The van der Waals surface area contributed by atoms with Crippen molar-refractivity contribution >= 4 is 24.0 Å². The van der Waals surface area contributed by atoms with E-state index in [0.717, 1.165) is 0 Å². The Morgan fingerprint density at radius 3 is 2.06 bits per heavy atom. The summed E-state index contributed by atoms with van der Waals surface area (Å²) in [6, 6.07) is -1.16. The summed E-state index contributed by atoms with van der Waals surface area (Å²) < 4.78 is 21.8. The van der Waals surface area contributed by atoms with Crippen LogP contribution in [-0.4, -0.2) is 65.4 Å². The average molecular weight is 452 g/mol. The predicted octanol–water partition coefficient (Wildman–Crippen LogP) is 2.76. The molecule has 0 aromatic heterocycles. The minimum atomic E-state index is -1.34. The van der Waals surface area contributed by atoms with Gasteiger partial charge >= 0.3 is 24.0 Å². The highest BCUT2D eigenvalue weighted by atomic mass is 16.6. The molecule has 1 saturated carbocycles. The summed E-state index contributed by atoms with van der Waals surface area (Å²) in [4.78, 5) is 51.1. The molecule has 4 atom stereocenters. The third-order valence-corrected chi connectivity index (χ3v) is 7.13. The molecule has 178 valence electrons. The van der Waals surface area contributed by atoms with Crippen molar-refractivity contribution in [3.63, 3.8) is 0 Å². The number of carbonyl (C=O) groups excluding carboxylic acids is 4. The highest BCUT2D eigenvalue weighted by Gasteiger charge is 2.76. The molecule has 2 aliphatic heterocycles. The van der Waals surface area contributed by atoms with Gasteiger partial charge in [-0.05, 0) is 40.5 Å². The standard InChI is InChI=1S/C23H33NO8/c1-14(25)29-12-15-8-9-16(24(15)19(28)32-20(2,3)4)13-30-18(27)23-11-10-22(7,17(26)31-23)21(23,5)6/h8-9,15-16H,10-13H2,1-7H3/t15-,16+,22+,23-/m1/s1. The summed E-state index contributed by atoms with van der Waals surface area (Å²) in [7, 11) is 0. The second-order valence-electron chi connectivity index (χ2n) is 10.5. The van der Waals surface area contributed by atoms with Gasteiger partial charge in [-0.25, -0.2) is 9.59 Å². The van der Waals surface area contributed by atoms with Gasteiger partial charge in [0.2, 0.25) is 5.60 Å². The van der Waals surface area contributed by atoms with Crippen LogP contribution in [0.3, 0.4) is 0 Å². The lowest BCUT2D eigenvalue weighted by Gasteiger charge is -2.35. The molecule has 0 aromatic rings. The molecule has 0 N–H and O–H groups in total. The van der Waals surface area contributed by atoms with E-state index in [-0.39, 0.29) is 19.2 Å². The minimum Gasteiger partial charge on any atom is -0.463 e. The van der Waals surface area contributed by atoms with Gasteiger partial charge in [-0.15, -0.1) is 0 Å². The summed E-state index contributed by atoms with van der Waals surface area (Å²) in [5.74, 6) is -1.47. The zero-order chi connectivity index (χ0) is 24.1. The van der Waals surface area contributed by atoms with Crippen LogP contribution in [0.15, 0.2) is 12.2 Å². The quantitative estimate of drug-likeness (QED) is 0.357. The fourth-order valence-electron chi connectivity index (χ4n) is 4.73. The lowest BCUT2D eigenvalue weighted by molar-refractivity contribution is -0.184. The van der Waals surface area contributed by atoms with Gasteiger partial charge in [-0.2, -0.15) is 0 Å². The topological polar surface area (TPSA) is 108 Å². The summed E-state index contributed by atoms with van der Waals surface area (Å²) >= 11 is 0. The largest absolute Gasteiger partial charge is 0.463 e. The number of hydrogen-bond acceptors (Lipinski definition) is 8. The maximum absolute atomic E-state index is 13.2. The monoisotopic (exact) mass is 451 g/mol. The number of ether oxygens (including phenoxy) is 4. The Morgan fingerprint density at radius 1 is 1.06 bits per heavy atom. The molecule has 9 nitrogen and oxygen atoms in total. The summed E-state index contributed by atoms with van der Waals surface area (Å²) in [5, 5.41) is 0. The molecule has 9 heteroatoms. The molecule has 3 aliphatic rings. The van der Waals surface area contributed by atoms with Crippen LogP contribution in [0.4, 0.5) is 4.79 Å². The molecular weight excluding hydrogens is 418 g/mol. The molecule has 1 aliphatic carbocycles. The molecule has 2 heterocycles. The van der Waals surface area contributed by atoms with Crippen LogP contribution in [0, 0.1) is 10.8 Å². The van der Waals surface area contributed by atoms with Crippen LogP contribution in [0.2, 0.25) is 0 Å². The molecule has 2 bridgehead atoms. The van der Waals surface area contributed by atoms with Crippen molar-refractivity contribution in [1.29, 1.82) is 0 Å². The van der Waals surface area contributed by atoms with Crippen LogP contribution < -0.4 is 0 Å². The van der Waals surface area contributed by atoms with E-state index in [1.165, 1.54) is 11.8 Å². The van der Waals surface area contributed by atoms with Gasteiger partial charge in [-0.1, -0.05) is 26.0 Å². The Morgan fingerprint density at radius 2 is 1.62 bits per heavy atom. The molecule has 1 saturated heterocycles. The third-order valence-electron chi connectivity index (χ3n) is 7.13. The average Bonchev–Trinajstić information content (AvgIpc) is 3.20. The molecular formula is C23H33NO8. The Bertz CT molecular complexity index is 857. The number of carbonyl (C=O) groups is 4. The number of rotatable bonds is 5. The number of nitrogens with zero attached hydrogens (tertiary/aromatic N) is 1. The smallest absolute Gasteiger partial charge is 0.411 e. The molecule has 0 spiro atoms. The van der Waals surface area contributed by atoms with Gasteiger partial charge in [0.25, 0.3) is 0 Å². The van der Waals surface area contributed by atoms with Crippen LogP contribution in [-0.2, 0) is 33.3 Å². The van der Waals surface area contributed by atoms with E-state index < -0.39 is 52.1 Å². The number of esters is 3. The van der Waals surface area contributed by atoms with Crippen molar-refractivity contribution in [2.75, 3.05) is 13.2 Å². The lowest BCUT2D eigenvalue weighted by atomic mass is 9.66. The Kier molecular flexibility index (Phi) is 5.85. The van der Waals surface area contributed by atoms with E-state index in [9.17, 15) is 19.2 Å². The first-order chi connectivity index (χ1) is 14.6. The van der Waals surface area contributed by atoms with Crippen molar-refractivity contribution in [2.24, 2.45) is 10.8 Å². The summed E-state index contributed by atoms with van der Waals surface area (Å²) in [6.07, 6.45) is 3.77. The molecule has 3 rings (SSSR count). The maximum Gasteiger partial charge on any atom is 0.411 e. The van der Waals surface area contributed by atoms with Gasteiger partial charge in [0.15, 0.2) is 0 Å². The second kappa shape index (κ2) is 7.78. The van der Waals surface area contributed by atoms with Crippen molar-refractivity contribution in [3.8, 4) is 0 Å². The van der Waals surface area contributed by atoms with Crippen molar-refractivity contribution < 1.29 is 38.1 Å². The first kappa shape index (κ1) is 24.1. The SMILES string of the molecule is CC(=O)OC[C@H]1C=C[C@@H](COC(=O)[C@@]23CC[C@@](C)(C(=O)O2)C3(C)C)N1C(=O)OC(C)(C)C. The second-order valence-corrected chi connectivity index (χ2v) is 10.5.